The van der Waals surface area contributed by atoms with Gasteiger partial charge in [-0.15, -0.1) is 0 Å². The molecule has 12 nitrogen and oxygen atoms in total. The molecule has 0 heterocycles. The van der Waals surface area contributed by atoms with E-state index in [1.54, 1.807) is 48.5 Å². The molecule has 0 bridgehead atoms. The first-order valence-electron chi connectivity index (χ1n) is 11.8. The van der Waals surface area contributed by atoms with Crippen LogP contribution in [-0.2, 0) is 25.6 Å². The molecule has 0 aromatic heterocycles. The normalized spacial score (nSPS) is 12.0. The average Bonchev–Trinajstić information content (AvgIpc) is 2.88. The highest BCUT2D eigenvalue weighted by molar-refractivity contribution is 5.95. The molecular weight excluding hydrogens is 496 g/mol. The third kappa shape index (κ3) is 10.2. The molecule has 0 aliphatic carbocycles. The van der Waals surface area contributed by atoms with Crippen LogP contribution < -0.4 is 25.8 Å². The molecule has 0 unspecified atom stereocenters. The number of aliphatic carboxylic acids is 2. The molecule has 0 aliphatic rings. The number of ether oxygens (including phenoxy) is 2. The number of hydrogen-bond donors (Lipinski definition) is 6. The summed E-state index contributed by atoms with van der Waals surface area (Å²) in [6.07, 6.45) is 0.195. The predicted octanol–water partition coefficient (Wildman–Crippen LogP) is 1.30. The van der Waals surface area contributed by atoms with Crippen molar-refractivity contribution in [3.8, 4) is 11.5 Å². The summed E-state index contributed by atoms with van der Waals surface area (Å²) in [7, 11) is 1.50. The Kier molecular flexibility index (Phi) is 11.6. The number of carboxylic acids is 2. The first kappa shape index (κ1) is 29.6. The fourth-order valence-electron chi connectivity index (χ4n) is 3.43. The summed E-state index contributed by atoms with van der Waals surface area (Å²) in [5, 5.41) is 30.8. The number of nitrogens with two attached hydrogens (primary N) is 1. The number of nitrogens with one attached hydrogen (secondary N) is 3. The van der Waals surface area contributed by atoms with Crippen molar-refractivity contribution in [3.05, 3.63) is 59.7 Å². The van der Waals surface area contributed by atoms with Crippen LogP contribution in [0.15, 0.2) is 48.5 Å². The fraction of sp³-hybridized carbons (Fsp3) is 0.346. The van der Waals surface area contributed by atoms with Crippen LogP contribution in [0.2, 0.25) is 0 Å². The molecule has 7 N–H and O–H groups in total. The molecule has 2 atom stereocenters. The molecule has 0 radical (unpaired) electrons. The topological polar surface area (TPSA) is 201 Å². The van der Waals surface area contributed by atoms with Gasteiger partial charge in [0.15, 0.2) is 0 Å². The van der Waals surface area contributed by atoms with Gasteiger partial charge in [-0.2, -0.15) is 0 Å². The van der Waals surface area contributed by atoms with E-state index in [4.69, 9.17) is 20.6 Å². The maximum absolute atomic E-state index is 12.7. The van der Waals surface area contributed by atoms with Gasteiger partial charge >= 0.3 is 11.9 Å². The molecule has 0 saturated heterocycles. The number of amidine groups is 1. The number of rotatable bonds is 16. The van der Waals surface area contributed by atoms with Crippen LogP contribution in [0.4, 0.5) is 0 Å². The zero-order chi connectivity index (χ0) is 28.1. The van der Waals surface area contributed by atoms with Crippen molar-refractivity contribution in [1.29, 1.82) is 5.41 Å². The molecule has 0 spiro atoms. The lowest BCUT2D eigenvalue weighted by Gasteiger charge is -2.20. The van der Waals surface area contributed by atoms with Crippen molar-refractivity contribution in [2.75, 3.05) is 13.7 Å². The maximum Gasteiger partial charge on any atom is 0.326 e. The summed E-state index contributed by atoms with van der Waals surface area (Å²) >= 11 is 0. The second kappa shape index (κ2) is 14.8. The lowest BCUT2D eigenvalue weighted by molar-refractivity contribution is -0.143. The van der Waals surface area contributed by atoms with E-state index in [9.17, 15) is 29.4 Å². The Hall–Kier alpha value is -4.61. The smallest absolute Gasteiger partial charge is 0.326 e. The van der Waals surface area contributed by atoms with E-state index >= 15 is 0 Å². The van der Waals surface area contributed by atoms with Gasteiger partial charge in [-0.3, -0.25) is 19.8 Å². The Morgan fingerprint density at radius 2 is 1.55 bits per heavy atom. The van der Waals surface area contributed by atoms with Gasteiger partial charge in [-0.1, -0.05) is 12.1 Å². The molecule has 0 saturated carbocycles. The minimum atomic E-state index is -1.44. The van der Waals surface area contributed by atoms with E-state index in [0.717, 1.165) is 0 Å². The van der Waals surface area contributed by atoms with Crippen molar-refractivity contribution < 1.29 is 38.9 Å². The van der Waals surface area contributed by atoms with Crippen LogP contribution in [0.1, 0.15) is 36.8 Å². The first-order valence-corrected chi connectivity index (χ1v) is 11.8. The number of hydrogen-bond acceptors (Lipinski definition) is 7. The van der Waals surface area contributed by atoms with Crippen molar-refractivity contribution in [1.82, 2.24) is 10.6 Å². The summed E-state index contributed by atoms with van der Waals surface area (Å²) in [5.41, 5.74) is 6.60. The zero-order valence-electron chi connectivity index (χ0n) is 20.9. The average molecular weight is 529 g/mol. The Balaban J connectivity index is 1.85. The summed E-state index contributed by atoms with van der Waals surface area (Å²) in [4.78, 5) is 48.0. The highest BCUT2D eigenvalue weighted by atomic mass is 16.5. The molecule has 204 valence electrons. The number of carbonyl (C=O) groups excluding carboxylic acids is 2. The molecule has 2 aromatic carbocycles. The van der Waals surface area contributed by atoms with Gasteiger partial charge in [0.05, 0.1) is 20.1 Å². The first-order chi connectivity index (χ1) is 18.1. The summed E-state index contributed by atoms with van der Waals surface area (Å²) in [6, 6.07) is 10.5. The van der Waals surface area contributed by atoms with Gasteiger partial charge in [0.25, 0.3) is 0 Å². The Bertz CT molecular complexity index is 1120. The monoisotopic (exact) mass is 528 g/mol. The number of benzene rings is 2. The lowest BCUT2D eigenvalue weighted by atomic mass is 10.0. The molecule has 38 heavy (non-hydrogen) atoms. The second-order valence-electron chi connectivity index (χ2n) is 8.41. The highest BCUT2D eigenvalue weighted by Crippen LogP contribution is 2.14. The Morgan fingerprint density at radius 3 is 2.11 bits per heavy atom. The van der Waals surface area contributed by atoms with Crippen molar-refractivity contribution in [3.63, 3.8) is 0 Å². The van der Waals surface area contributed by atoms with Gasteiger partial charge in [0, 0.05) is 18.4 Å². The Labute approximate surface area is 219 Å². The van der Waals surface area contributed by atoms with E-state index in [1.807, 2.05) is 0 Å². The van der Waals surface area contributed by atoms with Gasteiger partial charge in [0.1, 0.15) is 29.4 Å². The van der Waals surface area contributed by atoms with Crippen molar-refractivity contribution in [2.24, 2.45) is 5.73 Å². The van der Waals surface area contributed by atoms with Gasteiger partial charge in [-0.05, 0) is 54.8 Å². The van der Waals surface area contributed by atoms with Crippen LogP contribution in [0, 0.1) is 5.41 Å². The molecule has 0 aliphatic heterocycles. The van der Waals surface area contributed by atoms with Crippen LogP contribution in [0.3, 0.4) is 0 Å². The van der Waals surface area contributed by atoms with Crippen molar-refractivity contribution in [2.45, 2.75) is 44.2 Å². The lowest BCUT2D eigenvalue weighted by Crippen LogP contribution is -2.52. The number of carbonyl (C=O) groups is 4. The second-order valence-corrected chi connectivity index (χ2v) is 8.41. The summed E-state index contributed by atoms with van der Waals surface area (Å²) < 4.78 is 10.6. The molecule has 0 fully saturated rings. The van der Waals surface area contributed by atoms with Crippen LogP contribution >= 0.6 is 0 Å². The molecular formula is C26H32N4O8. The molecule has 12 heteroatoms. The number of carboxylic acid groups (broad SMARTS) is 2. The molecule has 2 amide bonds. The van der Waals surface area contributed by atoms with E-state index in [-0.39, 0.29) is 18.7 Å². The third-order valence-electron chi connectivity index (χ3n) is 5.48. The van der Waals surface area contributed by atoms with Gasteiger partial charge in [0.2, 0.25) is 11.8 Å². The summed E-state index contributed by atoms with van der Waals surface area (Å²) in [5.74, 6) is -2.95. The molecule has 2 aromatic rings. The minimum absolute atomic E-state index is 0.0181. The number of methoxy groups -OCH3 is 1. The maximum atomic E-state index is 12.7. The van der Waals surface area contributed by atoms with Crippen LogP contribution in [-0.4, -0.2) is 65.6 Å². The van der Waals surface area contributed by atoms with Crippen LogP contribution in [0.25, 0.3) is 0 Å². The quantitative estimate of drug-likeness (QED) is 0.105. The largest absolute Gasteiger partial charge is 0.497 e. The van der Waals surface area contributed by atoms with E-state index in [2.05, 4.69) is 10.6 Å². The number of nitrogen functional groups attached to an aromatic ring is 1. The standard InChI is InChI=1S/C26H32N4O8/c1-37-18-9-5-16(6-10-18)14-21(26(35)36)30-25(34)20(15-23(32)33)29-22(31)4-2-3-13-38-19-11-7-17(8-12-19)24(27)28/h5-12,20-21H,2-4,13-15H2,1H3,(H3,27,28)(H,29,31)(H,30,34)(H,32,33)(H,35,36)/t20-,21-/m0/s1. The molecule has 2 rings (SSSR count). The van der Waals surface area contributed by atoms with E-state index in [1.165, 1.54) is 7.11 Å². The zero-order valence-corrected chi connectivity index (χ0v) is 20.9. The third-order valence-corrected chi connectivity index (χ3v) is 5.48. The number of unbranched alkanes of at least 4 members (excludes halogenated alkanes) is 1. The number of amides is 2. The van der Waals surface area contributed by atoms with Gasteiger partial charge in [-0.25, -0.2) is 4.79 Å². The highest BCUT2D eigenvalue weighted by Gasteiger charge is 2.28. The summed E-state index contributed by atoms with van der Waals surface area (Å²) in [6.45, 7) is 0.317. The van der Waals surface area contributed by atoms with Gasteiger partial charge < -0.3 is 36.1 Å². The Morgan fingerprint density at radius 1 is 0.921 bits per heavy atom. The SMILES string of the molecule is COc1ccc(C[C@H](NC(=O)[C@H](CC(=O)O)NC(=O)CCCCOc2ccc(C(=N)N)cc2)C(=O)O)cc1. The fourth-order valence-corrected chi connectivity index (χ4v) is 3.43. The van der Waals surface area contributed by atoms with E-state index in [0.29, 0.717) is 42.1 Å². The van der Waals surface area contributed by atoms with Crippen molar-refractivity contribution >= 4 is 29.6 Å². The van der Waals surface area contributed by atoms with Crippen LogP contribution in [0.5, 0.6) is 11.5 Å². The minimum Gasteiger partial charge on any atom is -0.497 e. The van der Waals surface area contributed by atoms with E-state index < -0.39 is 42.3 Å². The predicted molar refractivity (Wildman–Crippen MR) is 137 cm³/mol.